The van der Waals surface area contributed by atoms with E-state index >= 15 is 0 Å². The Hall–Kier alpha value is -1.43. The van der Waals surface area contributed by atoms with Crippen molar-refractivity contribution in [2.75, 3.05) is 5.73 Å². The van der Waals surface area contributed by atoms with Gasteiger partial charge in [0.05, 0.1) is 10.7 Å². The Morgan fingerprint density at radius 1 is 1.57 bits per heavy atom. The number of primary amides is 1. The van der Waals surface area contributed by atoms with Gasteiger partial charge in [-0.25, -0.2) is 13.8 Å². The van der Waals surface area contributed by atoms with Crippen LogP contribution in [0, 0.1) is 0 Å². The van der Waals surface area contributed by atoms with Crippen molar-refractivity contribution >= 4 is 23.2 Å². The highest BCUT2D eigenvalue weighted by molar-refractivity contribution is 6.33. The topological polar surface area (TPSA) is 82.0 Å². The lowest BCUT2D eigenvalue weighted by atomic mass is 10.2. The summed E-state index contributed by atoms with van der Waals surface area (Å²) in [7, 11) is 0. The van der Waals surface area contributed by atoms with Crippen LogP contribution in [-0.2, 0) is 0 Å². The molecule has 1 amide bonds. The highest BCUT2D eigenvalue weighted by atomic mass is 35.5. The van der Waals surface area contributed by atoms with E-state index in [0.717, 1.165) is 6.07 Å². The van der Waals surface area contributed by atoms with Gasteiger partial charge in [-0.3, -0.25) is 4.79 Å². The summed E-state index contributed by atoms with van der Waals surface area (Å²) in [5, 5.41) is -0.356. The molecule has 0 aliphatic rings. The summed E-state index contributed by atoms with van der Waals surface area (Å²) >= 11 is 5.45. The summed E-state index contributed by atoms with van der Waals surface area (Å²) in [5.41, 5.74) is 8.93. The molecule has 1 aromatic rings. The summed E-state index contributed by atoms with van der Waals surface area (Å²) in [6.07, 6.45) is -2.90. The Balaban J connectivity index is 3.35. The molecule has 0 fully saturated rings. The van der Waals surface area contributed by atoms with Crippen molar-refractivity contribution in [3.8, 4) is 0 Å². The fourth-order valence-corrected chi connectivity index (χ4v) is 1.02. The van der Waals surface area contributed by atoms with E-state index in [-0.39, 0.29) is 16.4 Å². The van der Waals surface area contributed by atoms with Crippen LogP contribution in [0.25, 0.3) is 0 Å². The van der Waals surface area contributed by atoms with Crippen LogP contribution in [0.2, 0.25) is 5.02 Å². The average Bonchev–Trinajstić information content (AvgIpc) is 2.08. The van der Waals surface area contributed by atoms with Crippen LogP contribution in [-0.4, -0.2) is 10.9 Å². The van der Waals surface area contributed by atoms with E-state index in [4.69, 9.17) is 23.1 Å². The van der Waals surface area contributed by atoms with Crippen LogP contribution >= 0.6 is 11.6 Å². The van der Waals surface area contributed by atoms with Gasteiger partial charge in [-0.1, -0.05) is 11.6 Å². The van der Waals surface area contributed by atoms with Crippen LogP contribution in [0.5, 0.6) is 0 Å². The third kappa shape index (κ3) is 1.90. The van der Waals surface area contributed by atoms with Crippen molar-refractivity contribution in [3.05, 3.63) is 22.5 Å². The number of aromatic nitrogens is 1. The predicted octanol–water partition coefficient (Wildman–Crippen LogP) is 1.35. The van der Waals surface area contributed by atoms with Crippen molar-refractivity contribution in [1.29, 1.82) is 0 Å². The maximum absolute atomic E-state index is 12.3. The molecule has 4 nitrogen and oxygen atoms in total. The van der Waals surface area contributed by atoms with E-state index < -0.39 is 18.0 Å². The number of amides is 1. The number of anilines is 1. The molecular formula is C7H6ClF2N3O. The van der Waals surface area contributed by atoms with Crippen molar-refractivity contribution in [2.45, 2.75) is 6.43 Å². The molecule has 0 aromatic carbocycles. The van der Waals surface area contributed by atoms with Gasteiger partial charge in [0.15, 0.2) is 0 Å². The minimum atomic E-state index is -2.90. The fourth-order valence-electron chi connectivity index (χ4n) is 0.840. The second kappa shape index (κ2) is 3.75. The van der Waals surface area contributed by atoms with Crippen LogP contribution in [0.1, 0.15) is 22.6 Å². The predicted molar refractivity (Wildman–Crippen MR) is 47.1 cm³/mol. The second-order valence-corrected chi connectivity index (χ2v) is 2.84. The number of hydrogen-bond donors (Lipinski definition) is 2. The SMILES string of the molecule is NC(=O)c1cc(N)c(Cl)c(C(F)F)n1. The third-order valence-corrected chi connectivity index (χ3v) is 1.88. The lowest BCUT2D eigenvalue weighted by Crippen LogP contribution is -2.15. The molecule has 0 unspecified atom stereocenters. The van der Waals surface area contributed by atoms with Gasteiger partial charge in [0, 0.05) is 0 Å². The Morgan fingerprint density at radius 3 is 2.57 bits per heavy atom. The molecule has 0 saturated carbocycles. The first kappa shape index (κ1) is 10.6. The summed E-state index contributed by atoms with van der Waals surface area (Å²) in [5.74, 6) is -0.935. The maximum atomic E-state index is 12.3. The van der Waals surface area contributed by atoms with Crippen molar-refractivity contribution < 1.29 is 13.6 Å². The van der Waals surface area contributed by atoms with Gasteiger partial charge >= 0.3 is 0 Å². The van der Waals surface area contributed by atoms with Crippen LogP contribution in [0.4, 0.5) is 14.5 Å². The highest BCUT2D eigenvalue weighted by Gasteiger charge is 2.18. The van der Waals surface area contributed by atoms with Crippen LogP contribution < -0.4 is 11.5 Å². The molecule has 1 heterocycles. The van der Waals surface area contributed by atoms with Crippen molar-refractivity contribution in [3.63, 3.8) is 0 Å². The number of nitrogens with zero attached hydrogens (tertiary/aromatic N) is 1. The maximum Gasteiger partial charge on any atom is 0.281 e. The molecule has 7 heteroatoms. The summed E-state index contributed by atoms with van der Waals surface area (Å²) < 4.78 is 24.6. The zero-order chi connectivity index (χ0) is 10.9. The first-order valence-electron chi connectivity index (χ1n) is 3.47. The number of carbonyl (C=O) groups excluding carboxylic acids is 1. The Labute approximate surface area is 82.9 Å². The molecule has 0 bridgehead atoms. The number of hydrogen-bond acceptors (Lipinski definition) is 3. The summed E-state index contributed by atoms with van der Waals surface area (Å²) in [6, 6.07) is 1.05. The van der Waals surface area contributed by atoms with Gasteiger partial charge in [-0.2, -0.15) is 0 Å². The number of nitrogen functional groups attached to an aromatic ring is 1. The monoisotopic (exact) mass is 221 g/mol. The van der Waals surface area contributed by atoms with Crippen molar-refractivity contribution in [2.24, 2.45) is 5.73 Å². The van der Waals surface area contributed by atoms with Gasteiger partial charge in [0.25, 0.3) is 12.3 Å². The van der Waals surface area contributed by atoms with Gasteiger partial charge in [-0.15, -0.1) is 0 Å². The minimum absolute atomic E-state index is 0.147. The molecule has 0 spiro atoms. The van der Waals surface area contributed by atoms with Gasteiger partial charge in [0.1, 0.15) is 11.4 Å². The van der Waals surface area contributed by atoms with E-state index in [2.05, 4.69) is 4.98 Å². The number of rotatable bonds is 2. The Kier molecular flexibility index (Phi) is 2.85. The smallest absolute Gasteiger partial charge is 0.281 e. The van der Waals surface area contributed by atoms with Crippen LogP contribution in [0.15, 0.2) is 6.07 Å². The fraction of sp³-hybridized carbons (Fsp3) is 0.143. The van der Waals surface area contributed by atoms with E-state index in [9.17, 15) is 13.6 Å². The molecule has 0 aliphatic heterocycles. The average molecular weight is 222 g/mol. The molecule has 0 aliphatic carbocycles. The van der Waals surface area contributed by atoms with E-state index in [1.807, 2.05) is 0 Å². The largest absolute Gasteiger partial charge is 0.397 e. The quantitative estimate of drug-likeness (QED) is 0.791. The van der Waals surface area contributed by atoms with Gasteiger partial charge < -0.3 is 11.5 Å². The first-order valence-corrected chi connectivity index (χ1v) is 3.85. The lowest BCUT2D eigenvalue weighted by Gasteiger charge is -2.06. The van der Waals surface area contributed by atoms with Crippen LogP contribution in [0.3, 0.4) is 0 Å². The Bertz CT molecular complexity index is 383. The third-order valence-electron chi connectivity index (χ3n) is 1.47. The minimum Gasteiger partial charge on any atom is -0.397 e. The molecular weight excluding hydrogens is 216 g/mol. The normalized spacial score (nSPS) is 10.6. The molecule has 0 saturated heterocycles. The zero-order valence-electron chi connectivity index (χ0n) is 6.80. The second-order valence-electron chi connectivity index (χ2n) is 2.46. The van der Waals surface area contributed by atoms with Gasteiger partial charge in [0.2, 0.25) is 0 Å². The number of nitrogens with two attached hydrogens (primary N) is 2. The highest BCUT2D eigenvalue weighted by Crippen LogP contribution is 2.29. The lowest BCUT2D eigenvalue weighted by molar-refractivity contribution is 0.0993. The molecule has 0 atom stereocenters. The number of alkyl halides is 2. The molecule has 1 aromatic heterocycles. The number of carbonyl (C=O) groups is 1. The van der Waals surface area contributed by atoms with E-state index in [1.165, 1.54) is 0 Å². The van der Waals surface area contributed by atoms with E-state index in [0.29, 0.717) is 0 Å². The standard InChI is InChI=1S/C7H6ClF2N3O/c8-4-2(11)1-3(7(12)14)13-5(4)6(9)10/h1,6H,(H2,11,13)(H2,12,14). The first-order chi connectivity index (χ1) is 6.43. The molecule has 4 N–H and O–H groups in total. The van der Waals surface area contributed by atoms with Crippen molar-refractivity contribution in [1.82, 2.24) is 4.98 Å². The molecule has 0 radical (unpaired) electrons. The molecule has 76 valence electrons. The summed E-state index contributed by atoms with van der Waals surface area (Å²) in [6.45, 7) is 0. The summed E-state index contributed by atoms with van der Waals surface area (Å²) in [4.78, 5) is 14.0. The van der Waals surface area contributed by atoms with E-state index in [1.54, 1.807) is 0 Å². The number of halogens is 3. The molecule has 1 rings (SSSR count). The number of pyridine rings is 1. The Morgan fingerprint density at radius 2 is 2.14 bits per heavy atom. The zero-order valence-corrected chi connectivity index (χ0v) is 7.55. The molecule has 14 heavy (non-hydrogen) atoms. The van der Waals surface area contributed by atoms with Gasteiger partial charge in [-0.05, 0) is 6.07 Å².